The molecule has 0 aromatic rings. The molecule has 0 saturated carbocycles. The highest BCUT2D eigenvalue weighted by atomic mass is 32.2. The second-order valence-corrected chi connectivity index (χ2v) is 5.94. The van der Waals surface area contributed by atoms with Crippen LogP contribution in [0.4, 0.5) is 0 Å². The van der Waals surface area contributed by atoms with Crippen LogP contribution in [0, 0.1) is 5.92 Å². The molecule has 0 radical (unpaired) electrons. The lowest BCUT2D eigenvalue weighted by atomic mass is 10.0. The van der Waals surface area contributed by atoms with Gasteiger partial charge >= 0.3 is 0 Å². The van der Waals surface area contributed by atoms with Crippen LogP contribution in [0.5, 0.6) is 0 Å². The van der Waals surface area contributed by atoms with Crippen LogP contribution in [-0.2, 0) is 4.79 Å². The molecule has 1 amide bonds. The van der Waals surface area contributed by atoms with Crippen LogP contribution in [0.2, 0.25) is 0 Å². The molecule has 98 valence electrons. The van der Waals surface area contributed by atoms with Crippen LogP contribution in [0.15, 0.2) is 27.9 Å². The summed E-state index contributed by atoms with van der Waals surface area (Å²) in [6, 6.07) is 0. The number of hydrazone groups is 1. The molecule has 1 saturated heterocycles. The molecule has 0 N–H and O–H groups in total. The van der Waals surface area contributed by atoms with E-state index >= 15 is 0 Å². The van der Waals surface area contributed by atoms with Gasteiger partial charge in [-0.2, -0.15) is 5.10 Å². The fourth-order valence-corrected chi connectivity index (χ4v) is 3.02. The van der Waals surface area contributed by atoms with E-state index in [1.165, 1.54) is 10.0 Å². The molecule has 0 aromatic carbocycles. The van der Waals surface area contributed by atoms with E-state index in [0.29, 0.717) is 0 Å². The molecule has 0 aromatic heterocycles. The van der Waals surface area contributed by atoms with Gasteiger partial charge in [0.25, 0.3) is 5.91 Å². The standard InChI is InChI=1S/C13H19N3OS/c1-9(2)12-10(13(17)16(4)14-12)5-6-11-15(3)7-8-18-11/h5-6,9H,7-8H2,1-4H3/b10-5+,11-6+. The van der Waals surface area contributed by atoms with Crippen LogP contribution >= 0.6 is 11.8 Å². The molecule has 2 aliphatic rings. The summed E-state index contributed by atoms with van der Waals surface area (Å²) in [5, 5.41) is 6.93. The predicted molar refractivity (Wildman–Crippen MR) is 76.3 cm³/mol. The van der Waals surface area contributed by atoms with Crippen LogP contribution in [-0.4, -0.2) is 47.9 Å². The van der Waals surface area contributed by atoms with Crippen molar-refractivity contribution in [1.82, 2.24) is 9.91 Å². The van der Waals surface area contributed by atoms with Crippen molar-refractivity contribution < 1.29 is 4.79 Å². The van der Waals surface area contributed by atoms with E-state index in [4.69, 9.17) is 0 Å². The van der Waals surface area contributed by atoms with E-state index in [2.05, 4.69) is 30.9 Å². The molecule has 0 aliphatic carbocycles. The van der Waals surface area contributed by atoms with E-state index in [9.17, 15) is 4.79 Å². The second kappa shape index (κ2) is 5.18. The summed E-state index contributed by atoms with van der Waals surface area (Å²) in [5.41, 5.74) is 1.60. The first-order chi connectivity index (χ1) is 8.50. The van der Waals surface area contributed by atoms with Gasteiger partial charge in [0.15, 0.2) is 0 Å². The van der Waals surface area contributed by atoms with Crippen LogP contribution < -0.4 is 0 Å². The molecule has 2 heterocycles. The Balaban J connectivity index is 2.26. The van der Waals surface area contributed by atoms with E-state index in [0.717, 1.165) is 23.6 Å². The summed E-state index contributed by atoms with van der Waals surface area (Å²) in [5.74, 6) is 1.36. The lowest BCUT2D eigenvalue weighted by molar-refractivity contribution is -0.124. The third-order valence-electron chi connectivity index (χ3n) is 3.05. The number of allylic oxidation sites excluding steroid dienone is 2. The summed E-state index contributed by atoms with van der Waals surface area (Å²) in [7, 11) is 3.78. The third-order valence-corrected chi connectivity index (χ3v) is 4.18. The summed E-state index contributed by atoms with van der Waals surface area (Å²) in [4.78, 5) is 14.2. The Kier molecular flexibility index (Phi) is 3.80. The van der Waals surface area contributed by atoms with Crippen LogP contribution in [0.3, 0.4) is 0 Å². The summed E-state index contributed by atoms with van der Waals surface area (Å²) >= 11 is 1.82. The van der Waals surface area contributed by atoms with E-state index in [-0.39, 0.29) is 11.8 Å². The van der Waals surface area contributed by atoms with Gasteiger partial charge in [0.2, 0.25) is 0 Å². The number of amides is 1. The van der Waals surface area contributed by atoms with Gasteiger partial charge in [-0.1, -0.05) is 13.8 Å². The minimum atomic E-state index is -0.0128. The monoisotopic (exact) mass is 265 g/mol. The summed E-state index contributed by atoms with van der Waals surface area (Å²) in [6.07, 6.45) is 3.94. The number of thioether (sulfide) groups is 1. The van der Waals surface area contributed by atoms with Gasteiger partial charge in [-0.05, 0) is 18.1 Å². The van der Waals surface area contributed by atoms with Gasteiger partial charge in [-0.25, -0.2) is 5.01 Å². The highest BCUT2D eigenvalue weighted by Crippen LogP contribution is 2.27. The zero-order chi connectivity index (χ0) is 13.3. The maximum absolute atomic E-state index is 12.0. The maximum Gasteiger partial charge on any atom is 0.275 e. The lowest BCUT2D eigenvalue weighted by Crippen LogP contribution is -2.18. The Labute approximate surface area is 112 Å². The first-order valence-corrected chi connectivity index (χ1v) is 7.12. The SMILES string of the molecule is CC(C)C1=NN(C)C(=O)/C1=C/C=C1/SCCN1C. The first kappa shape index (κ1) is 13.2. The number of carbonyl (C=O) groups excluding carboxylic acids is 1. The van der Waals surface area contributed by atoms with Gasteiger partial charge in [0.1, 0.15) is 0 Å². The number of carbonyl (C=O) groups is 1. The topological polar surface area (TPSA) is 35.9 Å². The Morgan fingerprint density at radius 2 is 2.06 bits per heavy atom. The van der Waals surface area contributed by atoms with Crippen molar-refractivity contribution in [2.45, 2.75) is 13.8 Å². The molecular weight excluding hydrogens is 246 g/mol. The van der Waals surface area contributed by atoms with Gasteiger partial charge < -0.3 is 4.90 Å². The van der Waals surface area contributed by atoms with Crippen molar-refractivity contribution in [3.8, 4) is 0 Å². The van der Waals surface area contributed by atoms with Crippen molar-refractivity contribution in [2.75, 3.05) is 26.4 Å². The third kappa shape index (κ3) is 2.46. The molecule has 4 nitrogen and oxygen atoms in total. The molecule has 18 heavy (non-hydrogen) atoms. The fourth-order valence-electron chi connectivity index (χ4n) is 1.97. The van der Waals surface area contributed by atoms with Gasteiger partial charge in [-0.15, -0.1) is 11.8 Å². The van der Waals surface area contributed by atoms with Crippen molar-refractivity contribution in [3.05, 3.63) is 22.8 Å². The highest BCUT2D eigenvalue weighted by Gasteiger charge is 2.28. The molecule has 1 fully saturated rings. The highest BCUT2D eigenvalue weighted by molar-refractivity contribution is 8.03. The van der Waals surface area contributed by atoms with E-state index in [1.54, 1.807) is 7.05 Å². The Morgan fingerprint density at radius 3 is 2.61 bits per heavy atom. The largest absolute Gasteiger partial charge is 0.369 e. The van der Waals surface area contributed by atoms with Gasteiger partial charge in [0.05, 0.1) is 16.3 Å². The summed E-state index contributed by atoms with van der Waals surface area (Å²) in [6.45, 7) is 5.18. The average molecular weight is 265 g/mol. The Hall–Kier alpha value is -1.23. The van der Waals surface area contributed by atoms with Crippen molar-refractivity contribution >= 4 is 23.4 Å². The van der Waals surface area contributed by atoms with Crippen LogP contribution in [0.25, 0.3) is 0 Å². The van der Waals surface area contributed by atoms with Crippen molar-refractivity contribution in [1.29, 1.82) is 0 Å². The van der Waals surface area contributed by atoms with Crippen molar-refractivity contribution in [3.63, 3.8) is 0 Å². The predicted octanol–water partition coefficient (Wildman–Crippen LogP) is 1.92. The van der Waals surface area contributed by atoms with E-state index in [1.807, 2.05) is 23.9 Å². The van der Waals surface area contributed by atoms with Gasteiger partial charge in [0, 0.05) is 26.4 Å². The second-order valence-electron chi connectivity index (χ2n) is 4.82. The molecule has 2 rings (SSSR count). The van der Waals surface area contributed by atoms with Gasteiger partial charge in [-0.3, -0.25) is 4.79 Å². The van der Waals surface area contributed by atoms with Crippen molar-refractivity contribution in [2.24, 2.45) is 11.0 Å². The zero-order valence-corrected chi connectivity index (χ0v) is 12.1. The van der Waals surface area contributed by atoms with E-state index < -0.39 is 0 Å². The minimum Gasteiger partial charge on any atom is -0.369 e. The fraction of sp³-hybridized carbons (Fsp3) is 0.538. The number of rotatable bonds is 2. The number of likely N-dealkylation sites (N-methyl/N-ethyl adjacent to an activating group) is 1. The quantitative estimate of drug-likeness (QED) is 0.716. The summed E-state index contributed by atoms with van der Waals surface area (Å²) < 4.78 is 0. The maximum atomic E-state index is 12.0. The Bertz CT molecular complexity index is 451. The normalized spacial score (nSPS) is 24.9. The first-order valence-electron chi connectivity index (χ1n) is 6.13. The average Bonchev–Trinajstić information content (AvgIpc) is 2.83. The molecule has 0 unspecified atom stereocenters. The number of hydrogen-bond donors (Lipinski definition) is 0. The molecule has 5 heteroatoms. The molecule has 0 atom stereocenters. The molecular formula is C13H19N3OS. The van der Waals surface area contributed by atoms with Crippen LogP contribution in [0.1, 0.15) is 13.8 Å². The number of nitrogens with zero attached hydrogens (tertiary/aromatic N) is 3. The smallest absolute Gasteiger partial charge is 0.275 e. The molecule has 0 spiro atoms. The minimum absolute atomic E-state index is 0.0128. The lowest BCUT2D eigenvalue weighted by Gasteiger charge is -2.10. The zero-order valence-electron chi connectivity index (χ0n) is 11.3. The Morgan fingerprint density at radius 1 is 1.33 bits per heavy atom. The molecule has 0 bridgehead atoms. The molecule has 2 aliphatic heterocycles. The number of hydrogen-bond acceptors (Lipinski definition) is 4.